The average molecular weight is 318 g/mol. The summed E-state index contributed by atoms with van der Waals surface area (Å²) in [6, 6.07) is 16.3. The Kier molecular flexibility index (Phi) is 6.27. The number of para-hydroxylation sites is 1. The standard InChI is InChI=1S/C17H19FN2OS/c1-13(14-7-3-2-4-8-14)20-17(19)22-12-11-21-16-10-6-5-9-15(16)18/h2-10,13H,11-12H2,1H3,(H2,19,20)/t13-/m1/s1. The smallest absolute Gasteiger partial charge is 0.165 e. The van der Waals surface area contributed by atoms with Gasteiger partial charge in [-0.25, -0.2) is 4.39 Å². The van der Waals surface area contributed by atoms with Crippen molar-refractivity contribution >= 4 is 16.9 Å². The van der Waals surface area contributed by atoms with Crippen molar-refractivity contribution in [2.75, 3.05) is 12.4 Å². The van der Waals surface area contributed by atoms with Crippen LogP contribution < -0.4 is 10.5 Å². The summed E-state index contributed by atoms with van der Waals surface area (Å²) in [4.78, 5) is 4.44. The van der Waals surface area contributed by atoms with Gasteiger partial charge in [-0.05, 0) is 24.6 Å². The largest absolute Gasteiger partial charge is 0.490 e. The van der Waals surface area contributed by atoms with Crippen LogP contribution in [0.25, 0.3) is 0 Å². The molecule has 116 valence electrons. The third kappa shape index (κ3) is 5.07. The lowest BCUT2D eigenvalue weighted by atomic mass is 10.1. The van der Waals surface area contributed by atoms with Gasteiger partial charge in [0, 0.05) is 5.75 Å². The van der Waals surface area contributed by atoms with Crippen molar-refractivity contribution in [3.8, 4) is 5.75 Å². The van der Waals surface area contributed by atoms with Gasteiger partial charge in [-0.3, -0.25) is 4.99 Å². The Bertz CT molecular complexity index is 619. The van der Waals surface area contributed by atoms with Crippen molar-refractivity contribution in [1.29, 1.82) is 0 Å². The number of hydrogen-bond donors (Lipinski definition) is 1. The van der Waals surface area contributed by atoms with E-state index in [0.29, 0.717) is 17.5 Å². The fourth-order valence-electron chi connectivity index (χ4n) is 1.89. The molecule has 2 aromatic rings. The van der Waals surface area contributed by atoms with E-state index in [1.807, 2.05) is 37.3 Å². The van der Waals surface area contributed by atoms with Crippen LogP contribution in [0.1, 0.15) is 18.5 Å². The molecule has 0 fully saturated rings. The summed E-state index contributed by atoms with van der Waals surface area (Å²) in [5, 5.41) is 0.508. The summed E-state index contributed by atoms with van der Waals surface area (Å²) in [7, 11) is 0. The maximum absolute atomic E-state index is 13.4. The third-order valence-electron chi connectivity index (χ3n) is 3.03. The zero-order valence-electron chi connectivity index (χ0n) is 12.4. The lowest BCUT2D eigenvalue weighted by Crippen LogP contribution is -2.12. The number of nitrogens with zero attached hydrogens (tertiary/aromatic N) is 1. The SMILES string of the molecule is C[C@@H](N=C(N)SCCOc1ccccc1F)c1ccccc1. The molecule has 2 N–H and O–H groups in total. The summed E-state index contributed by atoms with van der Waals surface area (Å²) in [5.74, 6) is 0.522. The van der Waals surface area contributed by atoms with E-state index >= 15 is 0 Å². The number of rotatable bonds is 6. The van der Waals surface area contributed by atoms with E-state index < -0.39 is 0 Å². The summed E-state index contributed by atoms with van der Waals surface area (Å²) >= 11 is 1.40. The minimum absolute atomic E-state index is 0.0150. The zero-order chi connectivity index (χ0) is 15.8. The first-order valence-corrected chi connectivity index (χ1v) is 8.03. The summed E-state index contributed by atoms with van der Waals surface area (Å²) in [6.07, 6.45) is 0. The van der Waals surface area contributed by atoms with E-state index in [2.05, 4.69) is 4.99 Å². The van der Waals surface area contributed by atoms with Gasteiger partial charge in [0.25, 0.3) is 0 Å². The van der Waals surface area contributed by atoms with Crippen LogP contribution in [0.2, 0.25) is 0 Å². The number of aliphatic imine (C=N–C) groups is 1. The summed E-state index contributed by atoms with van der Waals surface area (Å²) in [5.41, 5.74) is 7.02. The molecular weight excluding hydrogens is 299 g/mol. The van der Waals surface area contributed by atoms with E-state index in [1.54, 1.807) is 18.2 Å². The molecule has 0 aliphatic carbocycles. The molecule has 5 heteroatoms. The van der Waals surface area contributed by atoms with Crippen LogP contribution in [-0.2, 0) is 0 Å². The molecule has 3 nitrogen and oxygen atoms in total. The Morgan fingerprint density at radius 3 is 2.59 bits per heavy atom. The third-order valence-corrected chi connectivity index (χ3v) is 3.80. The highest BCUT2D eigenvalue weighted by atomic mass is 32.2. The Balaban J connectivity index is 1.77. The maximum atomic E-state index is 13.4. The molecule has 0 unspecified atom stereocenters. The van der Waals surface area contributed by atoms with Gasteiger partial charge in [-0.2, -0.15) is 0 Å². The van der Waals surface area contributed by atoms with Crippen molar-refractivity contribution in [3.63, 3.8) is 0 Å². The number of thioether (sulfide) groups is 1. The van der Waals surface area contributed by atoms with Crippen molar-refractivity contribution in [3.05, 3.63) is 66.0 Å². The molecule has 1 atom stereocenters. The fraction of sp³-hybridized carbons (Fsp3) is 0.235. The number of nitrogens with two attached hydrogens (primary N) is 1. The maximum Gasteiger partial charge on any atom is 0.165 e. The Morgan fingerprint density at radius 1 is 1.18 bits per heavy atom. The van der Waals surface area contributed by atoms with Gasteiger partial charge in [0.2, 0.25) is 0 Å². The van der Waals surface area contributed by atoms with Gasteiger partial charge in [-0.15, -0.1) is 0 Å². The summed E-state index contributed by atoms with van der Waals surface area (Å²) in [6.45, 7) is 2.38. The molecule has 0 saturated heterocycles. The van der Waals surface area contributed by atoms with Crippen molar-refractivity contribution < 1.29 is 9.13 Å². The lowest BCUT2D eigenvalue weighted by Gasteiger charge is -2.09. The van der Waals surface area contributed by atoms with Crippen molar-refractivity contribution in [1.82, 2.24) is 0 Å². The molecule has 0 heterocycles. The molecule has 0 amide bonds. The number of hydrogen-bond acceptors (Lipinski definition) is 3. The van der Waals surface area contributed by atoms with Crippen molar-refractivity contribution in [2.24, 2.45) is 10.7 Å². The predicted octanol–water partition coefficient (Wildman–Crippen LogP) is 4.01. The number of ether oxygens (including phenoxy) is 1. The molecule has 0 bridgehead atoms. The highest BCUT2D eigenvalue weighted by molar-refractivity contribution is 8.13. The van der Waals surface area contributed by atoms with Gasteiger partial charge in [0.1, 0.15) is 0 Å². The van der Waals surface area contributed by atoms with Crippen LogP contribution >= 0.6 is 11.8 Å². The number of benzene rings is 2. The van der Waals surface area contributed by atoms with Gasteiger partial charge in [0.15, 0.2) is 16.7 Å². The minimum atomic E-state index is -0.355. The van der Waals surface area contributed by atoms with Gasteiger partial charge < -0.3 is 10.5 Å². The lowest BCUT2D eigenvalue weighted by molar-refractivity contribution is 0.325. The Morgan fingerprint density at radius 2 is 1.86 bits per heavy atom. The van der Waals surface area contributed by atoms with E-state index in [-0.39, 0.29) is 17.6 Å². The van der Waals surface area contributed by atoms with E-state index in [9.17, 15) is 4.39 Å². The van der Waals surface area contributed by atoms with Crippen LogP contribution in [0.3, 0.4) is 0 Å². The second-order valence-corrected chi connectivity index (χ2v) is 5.80. The Labute approximate surface area is 134 Å². The first-order chi connectivity index (χ1) is 10.7. The van der Waals surface area contributed by atoms with Gasteiger partial charge in [-0.1, -0.05) is 54.2 Å². The van der Waals surface area contributed by atoms with Crippen molar-refractivity contribution in [2.45, 2.75) is 13.0 Å². The predicted molar refractivity (Wildman–Crippen MR) is 90.8 cm³/mol. The van der Waals surface area contributed by atoms with E-state index in [4.69, 9.17) is 10.5 Å². The van der Waals surface area contributed by atoms with E-state index in [0.717, 1.165) is 5.56 Å². The van der Waals surface area contributed by atoms with E-state index in [1.165, 1.54) is 17.8 Å². The molecule has 0 spiro atoms. The highest BCUT2D eigenvalue weighted by Gasteiger charge is 2.05. The zero-order valence-corrected chi connectivity index (χ0v) is 13.2. The van der Waals surface area contributed by atoms with Gasteiger partial charge in [0.05, 0.1) is 12.6 Å². The minimum Gasteiger partial charge on any atom is -0.490 e. The normalized spacial score (nSPS) is 12.9. The van der Waals surface area contributed by atoms with Crippen LogP contribution in [0, 0.1) is 5.82 Å². The molecule has 0 aliphatic heterocycles. The van der Waals surface area contributed by atoms with Crippen LogP contribution in [0.4, 0.5) is 4.39 Å². The van der Waals surface area contributed by atoms with Crippen LogP contribution in [-0.4, -0.2) is 17.5 Å². The highest BCUT2D eigenvalue weighted by Crippen LogP contribution is 2.18. The monoisotopic (exact) mass is 318 g/mol. The fourth-order valence-corrected chi connectivity index (χ4v) is 2.50. The summed E-state index contributed by atoms with van der Waals surface area (Å²) < 4.78 is 18.7. The molecule has 2 aromatic carbocycles. The molecule has 2 rings (SSSR count). The molecule has 0 aliphatic rings. The first-order valence-electron chi connectivity index (χ1n) is 7.05. The molecule has 0 aromatic heterocycles. The molecular formula is C17H19FN2OS. The van der Waals surface area contributed by atoms with Crippen LogP contribution in [0.5, 0.6) is 5.75 Å². The molecule has 0 saturated carbocycles. The average Bonchev–Trinajstić information content (AvgIpc) is 2.54. The van der Waals surface area contributed by atoms with Gasteiger partial charge >= 0.3 is 0 Å². The topological polar surface area (TPSA) is 47.6 Å². The Hall–Kier alpha value is -2.01. The molecule has 0 radical (unpaired) electrons. The number of halogens is 1. The molecule has 22 heavy (non-hydrogen) atoms. The number of amidine groups is 1. The first kappa shape index (κ1) is 16.4. The second-order valence-electron chi connectivity index (χ2n) is 4.68. The quantitative estimate of drug-likeness (QED) is 0.497. The van der Waals surface area contributed by atoms with Crippen LogP contribution in [0.15, 0.2) is 59.6 Å². The second kappa shape index (κ2) is 8.44.